The van der Waals surface area contributed by atoms with E-state index in [0.717, 1.165) is 16.0 Å². The fraction of sp³-hybridized carbons (Fsp3) is 0.250. The molecule has 0 N–H and O–H groups in total. The number of carbonyl (C=O) groups is 1. The summed E-state index contributed by atoms with van der Waals surface area (Å²) in [7, 11) is 1.73. The van der Waals surface area contributed by atoms with Crippen LogP contribution < -0.4 is 0 Å². The standard InChI is InChI=1S/C20H20ClN3O2S/c1-13-5-4-6-15(11-13)19-22-18(26-23-19)12-24(3)20(25)14(2)27-17-9-7-16(21)8-10-17/h4-11,14H,12H2,1-3H3/t14-/m1/s1. The molecule has 5 nitrogen and oxygen atoms in total. The Balaban J connectivity index is 1.61. The van der Waals surface area contributed by atoms with Crippen molar-refractivity contribution < 1.29 is 9.32 Å². The van der Waals surface area contributed by atoms with E-state index < -0.39 is 0 Å². The van der Waals surface area contributed by atoms with Gasteiger partial charge in [-0.25, -0.2) is 0 Å². The number of thioether (sulfide) groups is 1. The van der Waals surface area contributed by atoms with E-state index in [1.807, 2.05) is 62.4 Å². The molecule has 0 radical (unpaired) electrons. The minimum Gasteiger partial charge on any atom is -0.337 e. The first-order valence-corrected chi connectivity index (χ1v) is 9.75. The molecule has 0 saturated carbocycles. The van der Waals surface area contributed by atoms with Crippen LogP contribution in [0.3, 0.4) is 0 Å². The first kappa shape index (κ1) is 19.5. The van der Waals surface area contributed by atoms with Crippen LogP contribution in [0.15, 0.2) is 57.9 Å². The molecule has 7 heteroatoms. The molecule has 0 bridgehead atoms. The highest BCUT2D eigenvalue weighted by atomic mass is 35.5. The fourth-order valence-electron chi connectivity index (χ4n) is 2.58. The van der Waals surface area contributed by atoms with E-state index in [-0.39, 0.29) is 17.7 Å². The van der Waals surface area contributed by atoms with Crippen LogP contribution in [0.25, 0.3) is 11.4 Å². The predicted molar refractivity (Wildman–Crippen MR) is 108 cm³/mol. The number of aryl methyl sites for hydroxylation is 1. The molecule has 0 saturated heterocycles. The van der Waals surface area contributed by atoms with Crippen LogP contribution in [-0.4, -0.2) is 33.2 Å². The Morgan fingerprint density at radius 1 is 1.26 bits per heavy atom. The third kappa shape index (κ3) is 5.11. The van der Waals surface area contributed by atoms with Crippen LogP contribution in [0.5, 0.6) is 0 Å². The molecule has 0 fully saturated rings. The topological polar surface area (TPSA) is 59.2 Å². The number of nitrogens with zero attached hydrogens (tertiary/aromatic N) is 3. The lowest BCUT2D eigenvalue weighted by Crippen LogP contribution is -2.32. The molecule has 3 aromatic rings. The number of carbonyl (C=O) groups excluding carboxylic acids is 1. The van der Waals surface area contributed by atoms with Crippen molar-refractivity contribution in [1.82, 2.24) is 15.0 Å². The van der Waals surface area contributed by atoms with E-state index in [0.29, 0.717) is 16.7 Å². The highest BCUT2D eigenvalue weighted by Crippen LogP contribution is 2.26. The third-order valence-electron chi connectivity index (χ3n) is 3.97. The van der Waals surface area contributed by atoms with Crippen LogP contribution in [0.1, 0.15) is 18.4 Å². The summed E-state index contributed by atoms with van der Waals surface area (Å²) in [6.07, 6.45) is 0. The van der Waals surface area contributed by atoms with E-state index in [1.165, 1.54) is 11.8 Å². The largest absolute Gasteiger partial charge is 0.337 e. The Morgan fingerprint density at radius 2 is 2.00 bits per heavy atom. The molecule has 1 heterocycles. The Bertz CT molecular complexity index is 927. The lowest BCUT2D eigenvalue weighted by molar-refractivity contribution is -0.129. The average Bonchev–Trinajstić information content (AvgIpc) is 3.11. The van der Waals surface area contributed by atoms with Crippen LogP contribution in [0.2, 0.25) is 5.02 Å². The zero-order valence-electron chi connectivity index (χ0n) is 15.3. The first-order chi connectivity index (χ1) is 12.9. The summed E-state index contributed by atoms with van der Waals surface area (Å²) in [6.45, 7) is 4.16. The molecule has 0 aliphatic heterocycles. The second-order valence-electron chi connectivity index (χ2n) is 6.29. The number of hydrogen-bond donors (Lipinski definition) is 0. The van der Waals surface area contributed by atoms with Gasteiger partial charge >= 0.3 is 0 Å². The van der Waals surface area contributed by atoms with Crippen molar-refractivity contribution >= 4 is 29.3 Å². The second kappa shape index (κ2) is 8.59. The smallest absolute Gasteiger partial charge is 0.246 e. The molecule has 27 heavy (non-hydrogen) atoms. The fourth-order valence-corrected chi connectivity index (χ4v) is 3.69. The molecule has 0 spiro atoms. The van der Waals surface area contributed by atoms with Gasteiger partial charge in [-0.2, -0.15) is 4.98 Å². The first-order valence-electron chi connectivity index (χ1n) is 8.49. The summed E-state index contributed by atoms with van der Waals surface area (Å²) in [5.74, 6) is 0.925. The van der Waals surface area contributed by atoms with E-state index in [4.69, 9.17) is 16.1 Å². The summed E-state index contributed by atoms with van der Waals surface area (Å²) >= 11 is 7.39. The number of amides is 1. The molecule has 0 aliphatic rings. The Morgan fingerprint density at radius 3 is 2.70 bits per heavy atom. The van der Waals surface area contributed by atoms with Crippen molar-refractivity contribution in [2.45, 2.75) is 30.5 Å². The third-order valence-corrected chi connectivity index (χ3v) is 5.32. The monoisotopic (exact) mass is 401 g/mol. The summed E-state index contributed by atoms with van der Waals surface area (Å²) in [4.78, 5) is 19.6. The summed E-state index contributed by atoms with van der Waals surface area (Å²) in [5, 5.41) is 4.46. The van der Waals surface area contributed by atoms with Crippen molar-refractivity contribution in [2.24, 2.45) is 0 Å². The van der Waals surface area contributed by atoms with Gasteiger partial charge in [-0.1, -0.05) is 40.5 Å². The van der Waals surface area contributed by atoms with Gasteiger partial charge in [-0.15, -0.1) is 11.8 Å². The summed E-state index contributed by atoms with van der Waals surface area (Å²) in [6, 6.07) is 15.3. The molecule has 1 amide bonds. The van der Waals surface area contributed by atoms with E-state index >= 15 is 0 Å². The van der Waals surface area contributed by atoms with Gasteiger partial charge in [0.25, 0.3) is 0 Å². The number of aromatic nitrogens is 2. The maximum atomic E-state index is 12.6. The summed E-state index contributed by atoms with van der Waals surface area (Å²) in [5.41, 5.74) is 2.02. The minimum absolute atomic E-state index is 0.00902. The zero-order chi connectivity index (χ0) is 19.4. The van der Waals surface area contributed by atoms with E-state index in [9.17, 15) is 4.79 Å². The minimum atomic E-state index is -0.240. The van der Waals surface area contributed by atoms with Gasteiger partial charge in [0, 0.05) is 22.5 Å². The maximum absolute atomic E-state index is 12.6. The van der Waals surface area contributed by atoms with Crippen molar-refractivity contribution in [2.75, 3.05) is 7.05 Å². The van der Waals surface area contributed by atoms with Crippen molar-refractivity contribution in [1.29, 1.82) is 0 Å². The van der Waals surface area contributed by atoms with Gasteiger partial charge in [0.1, 0.15) is 0 Å². The highest BCUT2D eigenvalue weighted by molar-refractivity contribution is 8.00. The molecule has 0 aliphatic carbocycles. The normalized spacial score (nSPS) is 12.0. The Hall–Kier alpha value is -2.31. The maximum Gasteiger partial charge on any atom is 0.246 e. The van der Waals surface area contributed by atoms with Gasteiger partial charge in [0.15, 0.2) is 0 Å². The van der Waals surface area contributed by atoms with Gasteiger partial charge in [-0.05, 0) is 44.2 Å². The van der Waals surface area contributed by atoms with Crippen LogP contribution in [0.4, 0.5) is 0 Å². The molecule has 1 atom stereocenters. The number of hydrogen-bond acceptors (Lipinski definition) is 5. The average molecular weight is 402 g/mol. The Labute approximate surface area is 167 Å². The van der Waals surface area contributed by atoms with E-state index in [1.54, 1.807) is 11.9 Å². The van der Waals surface area contributed by atoms with Crippen molar-refractivity contribution in [3.63, 3.8) is 0 Å². The van der Waals surface area contributed by atoms with Crippen LogP contribution in [-0.2, 0) is 11.3 Å². The molecular weight excluding hydrogens is 382 g/mol. The van der Waals surface area contributed by atoms with Crippen LogP contribution in [0, 0.1) is 6.92 Å². The van der Waals surface area contributed by atoms with Gasteiger partial charge in [-0.3, -0.25) is 4.79 Å². The number of benzene rings is 2. The van der Waals surface area contributed by atoms with Gasteiger partial charge in [0.05, 0.1) is 11.8 Å². The molecule has 140 valence electrons. The zero-order valence-corrected chi connectivity index (χ0v) is 16.9. The predicted octanol–water partition coefficient (Wildman–Crippen LogP) is 4.84. The van der Waals surface area contributed by atoms with Crippen molar-refractivity contribution in [3.05, 3.63) is 65.0 Å². The quantitative estimate of drug-likeness (QED) is 0.553. The molecule has 1 aromatic heterocycles. The Kier molecular flexibility index (Phi) is 6.19. The molecule has 0 unspecified atom stereocenters. The molecule has 2 aromatic carbocycles. The lowest BCUT2D eigenvalue weighted by Gasteiger charge is -2.19. The van der Waals surface area contributed by atoms with Crippen molar-refractivity contribution in [3.8, 4) is 11.4 Å². The second-order valence-corrected chi connectivity index (χ2v) is 8.14. The summed E-state index contributed by atoms with van der Waals surface area (Å²) < 4.78 is 5.31. The highest BCUT2D eigenvalue weighted by Gasteiger charge is 2.21. The van der Waals surface area contributed by atoms with Gasteiger partial charge < -0.3 is 9.42 Å². The number of rotatable bonds is 6. The van der Waals surface area contributed by atoms with E-state index in [2.05, 4.69) is 10.1 Å². The SMILES string of the molecule is Cc1cccc(-c2noc(CN(C)C(=O)[C@@H](C)Sc3ccc(Cl)cc3)n2)c1. The number of halogens is 1. The van der Waals surface area contributed by atoms with Gasteiger partial charge in [0.2, 0.25) is 17.6 Å². The molecule has 3 rings (SSSR count). The van der Waals surface area contributed by atoms with Crippen LogP contribution >= 0.6 is 23.4 Å². The lowest BCUT2D eigenvalue weighted by atomic mass is 10.1. The molecular formula is C20H20ClN3O2S.